The second-order valence-corrected chi connectivity index (χ2v) is 4.34. The first kappa shape index (κ1) is 9.50. The average molecular weight is 191 g/mol. The molecule has 0 aromatic carbocycles. The molecular formula is C12H17NO. The zero-order valence-corrected chi connectivity index (χ0v) is 9.08. The summed E-state index contributed by atoms with van der Waals surface area (Å²) in [6.07, 6.45) is 6.61. The molecule has 0 atom stereocenters. The lowest BCUT2D eigenvalue weighted by atomic mass is 9.99. The first-order valence-electron chi connectivity index (χ1n) is 5.29. The van der Waals surface area contributed by atoms with Gasteiger partial charge in [0.15, 0.2) is 0 Å². The third kappa shape index (κ3) is 1.89. The molecule has 0 spiro atoms. The van der Waals surface area contributed by atoms with E-state index >= 15 is 0 Å². The molecule has 1 aliphatic carbocycles. The molecule has 0 aliphatic heterocycles. The lowest BCUT2D eigenvalue weighted by Gasteiger charge is -2.15. The monoisotopic (exact) mass is 191 g/mol. The Morgan fingerprint density at radius 3 is 2.64 bits per heavy atom. The van der Waals surface area contributed by atoms with Crippen molar-refractivity contribution in [2.24, 2.45) is 0 Å². The van der Waals surface area contributed by atoms with Crippen molar-refractivity contribution in [2.75, 3.05) is 0 Å². The van der Waals surface area contributed by atoms with Crippen LogP contribution in [0.5, 0.6) is 5.75 Å². The molecule has 0 saturated heterocycles. The topological polar surface area (TPSA) is 22.1 Å². The van der Waals surface area contributed by atoms with Gasteiger partial charge in [0.1, 0.15) is 5.75 Å². The van der Waals surface area contributed by atoms with Crippen molar-refractivity contribution in [2.45, 2.75) is 45.6 Å². The minimum atomic E-state index is 0.455. The Bertz CT molecular complexity index is 329. The Morgan fingerprint density at radius 2 is 2.07 bits per heavy atom. The van der Waals surface area contributed by atoms with Crippen LogP contribution < -0.4 is 4.74 Å². The highest BCUT2D eigenvalue weighted by Crippen LogP contribution is 2.33. The van der Waals surface area contributed by atoms with Crippen molar-refractivity contribution in [1.82, 2.24) is 4.98 Å². The summed E-state index contributed by atoms with van der Waals surface area (Å²) in [4.78, 5) is 4.18. The van der Waals surface area contributed by atoms with Gasteiger partial charge >= 0.3 is 0 Å². The molecule has 0 bridgehead atoms. The molecule has 2 heteroatoms. The van der Waals surface area contributed by atoms with E-state index in [1.165, 1.54) is 24.0 Å². The number of aromatic nitrogens is 1. The number of hydrogen-bond acceptors (Lipinski definition) is 2. The van der Waals surface area contributed by atoms with E-state index in [4.69, 9.17) is 4.74 Å². The summed E-state index contributed by atoms with van der Waals surface area (Å²) in [5, 5.41) is 0. The highest BCUT2D eigenvalue weighted by Gasteiger charge is 2.25. The highest BCUT2D eigenvalue weighted by molar-refractivity contribution is 5.39. The van der Waals surface area contributed by atoms with Crippen LogP contribution in [-0.4, -0.2) is 11.1 Å². The highest BCUT2D eigenvalue weighted by atomic mass is 16.5. The van der Waals surface area contributed by atoms with Crippen LogP contribution in [0.15, 0.2) is 12.4 Å². The molecular weight excluding hydrogens is 174 g/mol. The second-order valence-electron chi connectivity index (χ2n) is 4.34. The quantitative estimate of drug-likeness (QED) is 0.732. The fraction of sp³-hybridized carbons (Fsp3) is 0.583. The molecule has 0 radical (unpaired) electrons. The maximum atomic E-state index is 5.84. The van der Waals surface area contributed by atoms with Gasteiger partial charge in [-0.15, -0.1) is 0 Å². The summed E-state index contributed by atoms with van der Waals surface area (Å²) in [5.74, 6) is 1.49. The average Bonchev–Trinajstić information content (AvgIpc) is 2.87. The Hall–Kier alpha value is -1.05. The molecule has 1 fully saturated rings. The van der Waals surface area contributed by atoms with E-state index in [1.54, 1.807) is 0 Å². The first-order chi connectivity index (χ1) is 6.68. The SMILES string of the molecule is Cc1cncc(OC2CC2)c1C(C)C. The van der Waals surface area contributed by atoms with Crippen molar-refractivity contribution >= 4 is 0 Å². The molecule has 1 aliphatic rings. The van der Waals surface area contributed by atoms with E-state index in [9.17, 15) is 0 Å². The van der Waals surface area contributed by atoms with Crippen molar-refractivity contribution in [3.05, 3.63) is 23.5 Å². The van der Waals surface area contributed by atoms with Gasteiger partial charge < -0.3 is 4.74 Å². The van der Waals surface area contributed by atoms with Gasteiger partial charge in [0.2, 0.25) is 0 Å². The van der Waals surface area contributed by atoms with E-state index in [0.29, 0.717) is 12.0 Å². The molecule has 1 aromatic heterocycles. The van der Waals surface area contributed by atoms with Crippen LogP contribution in [0, 0.1) is 6.92 Å². The summed E-state index contributed by atoms with van der Waals surface area (Å²) in [5.41, 5.74) is 2.55. The van der Waals surface area contributed by atoms with E-state index in [-0.39, 0.29) is 0 Å². The van der Waals surface area contributed by atoms with Crippen LogP contribution in [0.1, 0.15) is 43.7 Å². The van der Waals surface area contributed by atoms with Crippen molar-refractivity contribution in [1.29, 1.82) is 0 Å². The molecule has 1 heterocycles. The van der Waals surface area contributed by atoms with E-state index in [2.05, 4.69) is 25.8 Å². The van der Waals surface area contributed by atoms with Gasteiger partial charge in [-0.3, -0.25) is 4.98 Å². The zero-order chi connectivity index (χ0) is 10.1. The predicted octanol–water partition coefficient (Wildman–Crippen LogP) is 3.05. The maximum Gasteiger partial charge on any atom is 0.141 e. The number of pyridine rings is 1. The van der Waals surface area contributed by atoms with Crippen molar-refractivity contribution in [3.8, 4) is 5.75 Å². The van der Waals surface area contributed by atoms with Crippen LogP contribution >= 0.6 is 0 Å². The van der Waals surface area contributed by atoms with Gasteiger partial charge in [0, 0.05) is 11.8 Å². The minimum absolute atomic E-state index is 0.455. The molecule has 1 aromatic rings. The lowest BCUT2D eigenvalue weighted by molar-refractivity contribution is 0.297. The predicted molar refractivity (Wildman–Crippen MR) is 56.7 cm³/mol. The van der Waals surface area contributed by atoms with Crippen LogP contribution in [0.25, 0.3) is 0 Å². The third-order valence-corrected chi connectivity index (χ3v) is 2.55. The number of nitrogens with zero attached hydrogens (tertiary/aromatic N) is 1. The molecule has 0 unspecified atom stereocenters. The fourth-order valence-electron chi connectivity index (χ4n) is 1.75. The minimum Gasteiger partial charge on any atom is -0.489 e. The Morgan fingerprint density at radius 1 is 1.36 bits per heavy atom. The molecule has 0 N–H and O–H groups in total. The number of aryl methyl sites for hydroxylation is 1. The Balaban J connectivity index is 2.30. The number of hydrogen-bond donors (Lipinski definition) is 0. The summed E-state index contributed by atoms with van der Waals surface area (Å²) < 4.78 is 5.84. The lowest BCUT2D eigenvalue weighted by Crippen LogP contribution is -2.03. The van der Waals surface area contributed by atoms with Crippen molar-refractivity contribution in [3.63, 3.8) is 0 Å². The van der Waals surface area contributed by atoms with Crippen LogP contribution in [0.2, 0.25) is 0 Å². The van der Waals surface area contributed by atoms with Gasteiger partial charge in [0.25, 0.3) is 0 Å². The maximum absolute atomic E-state index is 5.84. The normalized spacial score (nSPS) is 16.0. The van der Waals surface area contributed by atoms with Crippen molar-refractivity contribution < 1.29 is 4.74 Å². The molecule has 14 heavy (non-hydrogen) atoms. The molecule has 76 valence electrons. The van der Waals surface area contributed by atoms with Crippen LogP contribution in [-0.2, 0) is 0 Å². The van der Waals surface area contributed by atoms with E-state index in [0.717, 1.165) is 5.75 Å². The summed E-state index contributed by atoms with van der Waals surface area (Å²) in [6.45, 7) is 6.49. The van der Waals surface area contributed by atoms with Gasteiger partial charge in [0.05, 0.1) is 12.3 Å². The van der Waals surface area contributed by atoms with Gasteiger partial charge in [-0.1, -0.05) is 13.8 Å². The largest absolute Gasteiger partial charge is 0.489 e. The standard InChI is InChI=1S/C12H17NO/c1-8(2)12-9(3)6-13-7-11(12)14-10-4-5-10/h6-8,10H,4-5H2,1-3H3. The smallest absolute Gasteiger partial charge is 0.141 e. The van der Waals surface area contributed by atoms with E-state index in [1.807, 2.05) is 12.4 Å². The van der Waals surface area contributed by atoms with Crippen LogP contribution in [0.4, 0.5) is 0 Å². The fourth-order valence-corrected chi connectivity index (χ4v) is 1.75. The number of ether oxygens (including phenoxy) is 1. The number of rotatable bonds is 3. The Kier molecular flexibility index (Phi) is 2.44. The van der Waals surface area contributed by atoms with Gasteiger partial charge in [-0.05, 0) is 31.2 Å². The van der Waals surface area contributed by atoms with Gasteiger partial charge in [-0.25, -0.2) is 0 Å². The second kappa shape index (κ2) is 3.60. The Labute approximate surface area is 85.3 Å². The molecule has 2 nitrogen and oxygen atoms in total. The third-order valence-electron chi connectivity index (χ3n) is 2.55. The van der Waals surface area contributed by atoms with E-state index < -0.39 is 0 Å². The summed E-state index contributed by atoms with van der Waals surface area (Å²) >= 11 is 0. The van der Waals surface area contributed by atoms with Gasteiger partial charge in [-0.2, -0.15) is 0 Å². The molecule has 2 rings (SSSR count). The zero-order valence-electron chi connectivity index (χ0n) is 9.08. The molecule has 0 amide bonds. The summed E-state index contributed by atoms with van der Waals surface area (Å²) in [7, 11) is 0. The van der Waals surface area contributed by atoms with Crippen LogP contribution in [0.3, 0.4) is 0 Å². The first-order valence-corrected chi connectivity index (χ1v) is 5.29. The molecule has 1 saturated carbocycles. The summed E-state index contributed by atoms with van der Waals surface area (Å²) in [6, 6.07) is 0.